The number of likely N-dealkylation sites (tertiary alicyclic amines) is 1. The van der Waals surface area contributed by atoms with Gasteiger partial charge in [0.1, 0.15) is 0 Å². The predicted octanol–water partition coefficient (Wildman–Crippen LogP) is 4.95. The highest BCUT2D eigenvalue weighted by molar-refractivity contribution is 5.94. The lowest BCUT2D eigenvalue weighted by molar-refractivity contribution is -0.117. The molecule has 6 nitrogen and oxygen atoms in total. The molecule has 2 aromatic rings. The summed E-state index contributed by atoms with van der Waals surface area (Å²) in [6.07, 6.45) is 3.39. The Morgan fingerprint density at radius 1 is 1.06 bits per heavy atom. The third-order valence-corrected chi connectivity index (χ3v) is 5.86. The number of nitrogens with one attached hydrogen (secondary N) is 1. The maximum absolute atomic E-state index is 12.6. The van der Waals surface area contributed by atoms with E-state index in [9.17, 15) is 9.59 Å². The van der Waals surface area contributed by atoms with Crippen LogP contribution in [0.15, 0.2) is 54.6 Å². The number of rotatable bonds is 8. The lowest BCUT2D eigenvalue weighted by Gasteiger charge is -2.32. The molecule has 0 bridgehead atoms. The van der Waals surface area contributed by atoms with E-state index in [0.29, 0.717) is 25.4 Å². The second kappa shape index (κ2) is 11.7. The molecular weight excluding hydrogens is 402 g/mol. The molecule has 1 fully saturated rings. The molecule has 1 aliphatic heterocycles. The predicted molar refractivity (Wildman–Crippen MR) is 129 cm³/mol. The van der Waals surface area contributed by atoms with Crippen molar-refractivity contribution in [3.05, 3.63) is 60.2 Å². The largest absolute Gasteiger partial charge is 0.378 e. The van der Waals surface area contributed by atoms with E-state index in [1.165, 1.54) is 0 Å². The van der Waals surface area contributed by atoms with Crippen LogP contribution in [0.1, 0.15) is 38.7 Å². The highest BCUT2D eigenvalue weighted by atomic mass is 16.5. The van der Waals surface area contributed by atoms with Gasteiger partial charge in [-0.1, -0.05) is 44.2 Å². The van der Waals surface area contributed by atoms with Gasteiger partial charge in [0.05, 0.1) is 12.5 Å². The van der Waals surface area contributed by atoms with Gasteiger partial charge in [-0.2, -0.15) is 0 Å². The third-order valence-electron chi connectivity index (χ3n) is 5.86. The number of anilines is 2. The molecule has 0 aliphatic carbocycles. The Labute approximate surface area is 191 Å². The fraction of sp³-hybridized carbons (Fsp3) is 0.462. The summed E-state index contributed by atoms with van der Waals surface area (Å²) in [5, 5.41) is 2.96. The minimum Gasteiger partial charge on any atom is -0.378 e. The number of carbonyl (C=O) groups is 2. The van der Waals surface area contributed by atoms with Gasteiger partial charge in [0, 0.05) is 38.1 Å². The number of hydrogen-bond donors (Lipinski definition) is 1. The normalized spacial score (nSPS) is 14.4. The van der Waals surface area contributed by atoms with Crippen LogP contribution in [0.3, 0.4) is 0 Å². The topological polar surface area (TPSA) is 61.9 Å². The average Bonchev–Trinajstić information content (AvgIpc) is 2.80. The first-order valence-electron chi connectivity index (χ1n) is 11.5. The van der Waals surface area contributed by atoms with Crippen molar-refractivity contribution in [2.75, 3.05) is 37.0 Å². The maximum atomic E-state index is 12.6. The van der Waals surface area contributed by atoms with Crippen molar-refractivity contribution in [2.24, 2.45) is 5.92 Å². The first-order chi connectivity index (χ1) is 15.4. The SMILES string of the molecule is CC(C)CCOC1CCN(C(=O)Nc2ccc(CC(=O)N(C)c3ccccc3)cc2)CC1. The summed E-state index contributed by atoms with van der Waals surface area (Å²) in [5.74, 6) is 0.668. The number of hydrogen-bond acceptors (Lipinski definition) is 3. The van der Waals surface area contributed by atoms with Crippen LogP contribution < -0.4 is 10.2 Å². The quantitative estimate of drug-likeness (QED) is 0.636. The number of benzene rings is 2. The fourth-order valence-corrected chi connectivity index (χ4v) is 3.69. The van der Waals surface area contributed by atoms with Crippen molar-refractivity contribution in [3.8, 4) is 0 Å². The number of amides is 3. The Morgan fingerprint density at radius 2 is 1.72 bits per heavy atom. The first kappa shape index (κ1) is 23.8. The minimum atomic E-state index is -0.0849. The molecule has 0 unspecified atom stereocenters. The highest BCUT2D eigenvalue weighted by Crippen LogP contribution is 2.18. The molecule has 0 saturated carbocycles. The minimum absolute atomic E-state index is 0.0199. The number of nitrogens with zero attached hydrogens (tertiary/aromatic N) is 2. The van der Waals surface area contributed by atoms with Crippen molar-refractivity contribution >= 4 is 23.3 Å². The average molecular weight is 438 g/mol. The van der Waals surface area contributed by atoms with Crippen molar-refractivity contribution in [3.63, 3.8) is 0 Å². The summed E-state index contributed by atoms with van der Waals surface area (Å²) in [6.45, 7) is 6.60. The van der Waals surface area contributed by atoms with Crippen LogP contribution in [0.2, 0.25) is 0 Å². The van der Waals surface area contributed by atoms with Crippen LogP contribution in [-0.2, 0) is 16.0 Å². The van der Waals surface area contributed by atoms with Crippen molar-refractivity contribution in [1.29, 1.82) is 0 Å². The molecule has 2 aromatic carbocycles. The summed E-state index contributed by atoms with van der Waals surface area (Å²) in [6, 6.07) is 17.0. The van der Waals surface area contributed by atoms with Crippen LogP contribution in [-0.4, -0.2) is 49.7 Å². The molecule has 0 aromatic heterocycles. The lowest BCUT2D eigenvalue weighted by Crippen LogP contribution is -2.43. The summed E-state index contributed by atoms with van der Waals surface area (Å²) in [5.41, 5.74) is 2.52. The van der Waals surface area contributed by atoms with E-state index < -0.39 is 0 Å². The molecule has 1 N–H and O–H groups in total. The number of ether oxygens (including phenoxy) is 1. The Balaban J connectivity index is 1.43. The summed E-state index contributed by atoms with van der Waals surface area (Å²) in [7, 11) is 1.78. The van der Waals surface area contributed by atoms with E-state index in [4.69, 9.17) is 4.74 Å². The van der Waals surface area contributed by atoms with Gasteiger partial charge in [-0.3, -0.25) is 4.79 Å². The molecular formula is C26H35N3O3. The zero-order chi connectivity index (χ0) is 22.9. The van der Waals surface area contributed by atoms with Crippen LogP contribution in [0.4, 0.5) is 16.2 Å². The molecule has 32 heavy (non-hydrogen) atoms. The zero-order valence-electron chi connectivity index (χ0n) is 19.4. The zero-order valence-corrected chi connectivity index (χ0v) is 19.4. The Kier molecular flexibility index (Phi) is 8.68. The lowest BCUT2D eigenvalue weighted by atomic mass is 10.1. The molecule has 0 radical (unpaired) electrons. The molecule has 3 rings (SSSR count). The molecule has 1 heterocycles. The maximum Gasteiger partial charge on any atom is 0.321 e. The third kappa shape index (κ3) is 7.09. The Morgan fingerprint density at radius 3 is 2.34 bits per heavy atom. The van der Waals surface area contributed by atoms with Crippen LogP contribution in [0.5, 0.6) is 0 Å². The smallest absolute Gasteiger partial charge is 0.321 e. The standard InChI is InChI=1S/C26H35N3O3/c1-20(2)15-18-32-24-13-16-29(17-14-24)26(31)27-22-11-9-21(10-12-22)19-25(30)28(3)23-7-5-4-6-8-23/h4-12,20,24H,13-19H2,1-3H3,(H,27,31). The van der Waals surface area contributed by atoms with Crippen molar-refractivity contribution in [2.45, 2.75) is 45.6 Å². The molecule has 6 heteroatoms. The molecule has 172 valence electrons. The summed E-state index contributed by atoms with van der Waals surface area (Å²) < 4.78 is 5.94. The van der Waals surface area contributed by atoms with Crippen molar-refractivity contribution in [1.82, 2.24) is 4.90 Å². The van der Waals surface area contributed by atoms with Gasteiger partial charge in [-0.15, -0.1) is 0 Å². The van der Waals surface area contributed by atoms with Gasteiger partial charge < -0.3 is 19.9 Å². The van der Waals surface area contributed by atoms with Crippen molar-refractivity contribution < 1.29 is 14.3 Å². The van der Waals surface area contributed by atoms with Gasteiger partial charge in [0.15, 0.2) is 0 Å². The number of para-hydroxylation sites is 1. The van der Waals surface area contributed by atoms with Crippen LogP contribution in [0.25, 0.3) is 0 Å². The highest BCUT2D eigenvalue weighted by Gasteiger charge is 2.23. The first-order valence-corrected chi connectivity index (χ1v) is 11.5. The molecule has 0 spiro atoms. The van der Waals surface area contributed by atoms with E-state index in [1.807, 2.05) is 59.5 Å². The van der Waals surface area contributed by atoms with Crippen LogP contribution >= 0.6 is 0 Å². The van der Waals surface area contributed by atoms with Gasteiger partial charge >= 0.3 is 6.03 Å². The summed E-state index contributed by atoms with van der Waals surface area (Å²) in [4.78, 5) is 28.6. The number of piperidine rings is 1. The molecule has 1 saturated heterocycles. The fourth-order valence-electron chi connectivity index (χ4n) is 3.69. The van der Waals surface area contributed by atoms with E-state index >= 15 is 0 Å². The van der Waals surface area contributed by atoms with Gasteiger partial charge in [0.25, 0.3) is 0 Å². The second-order valence-corrected chi connectivity index (χ2v) is 8.83. The van der Waals surface area contributed by atoms with E-state index in [2.05, 4.69) is 19.2 Å². The Bertz CT molecular complexity index is 860. The van der Waals surface area contributed by atoms with Gasteiger partial charge in [-0.05, 0) is 55.0 Å². The van der Waals surface area contributed by atoms with Gasteiger partial charge in [-0.25, -0.2) is 4.79 Å². The van der Waals surface area contributed by atoms with E-state index in [-0.39, 0.29) is 18.0 Å². The monoisotopic (exact) mass is 437 g/mol. The molecule has 0 atom stereocenters. The second-order valence-electron chi connectivity index (χ2n) is 8.83. The Hall–Kier alpha value is -2.86. The molecule has 1 aliphatic rings. The number of carbonyl (C=O) groups excluding carboxylic acids is 2. The summed E-state index contributed by atoms with van der Waals surface area (Å²) >= 11 is 0. The van der Waals surface area contributed by atoms with E-state index in [0.717, 1.165) is 42.8 Å². The number of urea groups is 1. The molecule has 3 amide bonds. The van der Waals surface area contributed by atoms with E-state index in [1.54, 1.807) is 11.9 Å². The number of likely N-dealkylation sites (N-methyl/N-ethyl adjacent to an activating group) is 1. The van der Waals surface area contributed by atoms with Gasteiger partial charge in [0.2, 0.25) is 5.91 Å². The van der Waals surface area contributed by atoms with Crippen LogP contribution in [0, 0.1) is 5.92 Å².